The number of benzene rings is 1. The van der Waals surface area contributed by atoms with Crippen molar-refractivity contribution in [1.29, 1.82) is 0 Å². The Kier molecular flexibility index (Phi) is 4.42. The highest BCUT2D eigenvalue weighted by molar-refractivity contribution is 5.92. The van der Waals surface area contributed by atoms with E-state index in [-0.39, 0.29) is 17.5 Å². The minimum Gasteiger partial charge on any atom is -0.478 e. The summed E-state index contributed by atoms with van der Waals surface area (Å²) in [6.07, 6.45) is 1.44. The lowest BCUT2D eigenvalue weighted by Crippen LogP contribution is -2.45. The van der Waals surface area contributed by atoms with Crippen LogP contribution in [-0.2, 0) is 4.79 Å². The molecule has 4 N–H and O–H groups in total. The Labute approximate surface area is 121 Å². The molecular weight excluding hydrogens is 274 g/mol. The van der Waals surface area contributed by atoms with E-state index in [0.29, 0.717) is 25.2 Å². The maximum absolute atomic E-state index is 12.1. The van der Waals surface area contributed by atoms with Crippen LogP contribution < -0.4 is 11.1 Å². The van der Waals surface area contributed by atoms with Gasteiger partial charge < -0.3 is 21.1 Å². The largest absolute Gasteiger partial charge is 0.478 e. The molecule has 0 aromatic heterocycles. The third kappa shape index (κ3) is 3.71. The molecule has 7 nitrogen and oxygen atoms in total. The number of carbonyl (C=O) groups is 3. The number of hydrogen-bond donors (Lipinski definition) is 3. The van der Waals surface area contributed by atoms with Gasteiger partial charge >= 0.3 is 12.0 Å². The lowest BCUT2D eigenvalue weighted by molar-refractivity contribution is -0.123. The summed E-state index contributed by atoms with van der Waals surface area (Å²) in [5, 5.41) is 11.5. The highest BCUT2D eigenvalue weighted by atomic mass is 16.4. The Hall–Kier alpha value is -2.57. The minimum absolute atomic E-state index is 0.153. The van der Waals surface area contributed by atoms with Crippen LogP contribution in [0.25, 0.3) is 0 Å². The monoisotopic (exact) mass is 291 g/mol. The number of nitrogens with one attached hydrogen (secondary N) is 1. The average molecular weight is 291 g/mol. The molecule has 1 atom stereocenters. The number of likely N-dealkylation sites (tertiary alicyclic amines) is 1. The first-order valence-electron chi connectivity index (χ1n) is 6.66. The van der Waals surface area contributed by atoms with Crippen LogP contribution in [0.1, 0.15) is 23.2 Å². The van der Waals surface area contributed by atoms with E-state index in [1.807, 2.05) is 0 Å². The number of urea groups is 1. The minimum atomic E-state index is -1.02. The molecule has 0 radical (unpaired) electrons. The summed E-state index contributed by atoms with van der Waals surface area (Å²) in [6, 6.07) is 5.57. The molecule has 1 aliphatic heterocycles. The normalized spacial score (nSPS) is 18.1. The van der Waals surface area contributed by atoms with Gasteiger partial charge in [-0.1, -0.05) is 0 Å². The van der Waals surface area contributed by atoms with Crippen LogP contribution in [0.3, 0.4) is 0 Å². The van der Waals surface area contributed by atoms with E-state index >= 15 is 0 Å². The average Bonchev–Trinajstić information content (AvgIpc) is 2.48. The zero-order valence-corrected chi connectivity index (χ0v) is 11.4. The highest BCUT2D eigenvalue weighted by Crippen LogP contribution is 2.17. The van der Waals surface area contributed by atoms with Gasteiger partial charge in [-0.25, -0.2) is 9.59 Å². The van der Waals surface area contributed by atoms with E-state index in [1.165, 1.54) is 24.3 Å². The van der Waals surface area contributed by atoms with Crippen molar-refractivity contribution in [3.63, 3.8) is 0 Å². The summed E-state index contributed by atoms with van der Waals surface area (Å²) in [6.45, 7) is 0.886. The number of piperidine rings is 1. The predicted octanol–water partition coefficient (Wildman–Crippen LogP) is 1.11. The van der Waals surface area contributed by atoms with Gasteiger partial charge in [0, 0.05) is 18.8 Å². The number of aromatic carboxylic acids is 1. The lowest BCUT2D eigenvalue weighted by atomic mass is 9.98. The third-order valence-corrected chi connectivity index (χ3v) is 3.49. The van der Waals surface area contributed by atoms with E-state index in [0.717, 1.165) is 6.42 Å². The summed E-state index contributed by atoms with van der Waals surface area (Å²) in [5.41, 5.74) is 5.93. The number of hydrogen-bond acceptors (Lipinski definition) is 3. The van der Waals surface area contributed by atoms with E-state index in [1.54, 1.807) is 4.90 Å². The van der Waals surface area contributed by atoms with E-state index in [4.69, 9.17) is 10.8 Å². The number of carbonyl (C=O) groups excluding carboxylic acids is 2. The van der Waals surface area contributed by atoms with Crippen LogP contribution in [-0.4, -0.2) is 41.0 Å². The van der Waals surface area contributed by atoms with Gasteiger partial charge in [-0.05, 0) is 37.1 Å². The first-order chi connectivity index (χ1) is 9.97. The van der Waals surface area contributed by atoms with E-state index < -0.39 is 11.9 Å². The molecule has 1 aromatic rings. The Morgan fingerprint density at radius 2 is 1.90 bits per heavy atom. The number of carboxylic acid groups (broad SMARTS) is 1. The van der Waals surface area contributed by atoms with Gasteiger partial charge in [0.1, 0.15) is 0 Å². The number of rotatable bonds is 3. The molecule has 1 aromatic carbocycles. The standard InChI is InChI=1S/C14H17N3O4/c15-12(18)10-2-1-7-17(8-10)14(21)16-11-5-3-9(4-6-11)13(19)20/h3-6,10H,1-2,7-8H2,(H2,15,18)(H,16,21)(H,19,20). The Morgan fingerprint density at radius 3 is 2.48 bits per heavy atom. The van der Waals surface area contributed by atoms with E-state index in [9.17, 15) is 14.4 Å². The summed E-state index contributed by atoms with van der Waals surface area (Å²) in [7, 11) is 0. The van der Waals surface area contributed by atoms with Crippen molar-refractivity contribution in [2.75, 3.05) is 18.4 Å². The Bertz CT molecular complexity index is 556. The predicted molar refractivity (Wildman–Crippen MR) is 75.9 cm³/mol. The molecule has 1 unspecified atom stereocenters. The fourth-order valence-corrected chi connectivity index (χ4v) is 2.29. The molecular formula is C14H17N3O4. The first kappa shape index (κ1) is 14.8. The van der Waals surface area contributed by atoms with Gasteiger partial charge in [-0.3, -0.25) is 4.79 Å². The molecule has 1 saturated heterocycles. The van der Waals surface area contributed by atoms with Crippen LogP contribution >= 0.6 is 0 Å². The quantitative estimate of drug-likeness (QED) is 0.774. The van der Waals surface area contributed by atoms with Crippen LogP contribution in [0.15, 0.2) is 24.3 Å². The zero-order chi connectivity index (χ0) is 15.4. The molecule has 2 rings (SSSR count). The number of carboxylic acids is 1. The second kappa shape index (κ2) is 6.25. The maximum atomic E-state index is 12.1. The number of nitrogens with two attached hydrogens (primary N) is 1. The topological polar surface area (TPSA) is 113 Å². The van der Waals surface area contributed by atoms with Gasteiger partial charge in [-0.15, -0.1) is 0 Å². The number of primary amides is 1. The first-order valence-corrected chi connectivity index (χ1v) is 6.66. The van der Waals surface area contributed by atoms with Crippen molar-refractivity contribution in [1.82, 2.24) is 4.90 Å². The van der Waals surface area contributed by atoms with Crippen molar-refractivity contribution in [2.24, 2.45) is 11.7 Å². The molecule has 0 bridgehead atoms. The van der Waals surface area contributed by atoms with Crippen LogP contribution in [0.5, 0.6) is 0 Å². The van der Waals surface area contributed by atoms with Gasteiger partial charge in [-0.2, -0.15) is 0 Å². The van der Waals surface area contributed by atoms with Gasteiger partial charge in [0.2, 0.25) is 5.91 Å². The van der Waals surface area contributed by atoms with Gasteiger partial charge in [0.25, 0.3) is 0 Å². The van der Waals surface area contributed by atoms with Crippen molar-refractivity contribution < 1.29 is 19.5 Å². The second-order valence-electron chi connectivity index (χ2n) is 5.00. The third-order valence-electron chi connectivity index (χ3n) is 3.49. The maximum Gasteiger partial charge on any atom is 0.335 e. The van der Waals surface area contributed by atoms with Crippen LogP contribution in [0.2, 0.25) is 0 Å². The molecule has 21 heavy (non-hydrogen) atoms. The van der Waals surface area contributed by atoms with Crippen molar-refractivity contribution in [3.05, 3.63) is 29.8 Å². The molecule has 1 heterocycles. The molecule has 1 fully saturated rings. The number of amides is 3. The van der Waals surface area contributed by atoms with Crippen molar-refractivity contribution in [3.8, 4) is 0 Å². The molecule has 0 saturated carbocycles. The fraction of sp³-hybridized carbons (Fsp3) is 0.357. The van der Waals surface area contributed by atoms with Crippen LogP contribution in [0.4, 0.5) is 10.5 Å². The summed E-state index contributed by atoms with van der Waals surface area (Å²) < 4.78 is 0. The Balaban J connectivity index is 1.97. The van der Waals surface area contributed by atoms with E-state index in [2.05, 4.69) is 5.32 Å². The SMILES string of the molecule is NC(=O)C1CCCN(C(=O)Nc2ccc(C(=O)O)cc2)C1. The molecule has 3 amide bonds. The van der Waals surface area contributed by atoms with Gasteiger partial charge in [0.15, 0.2) is 0 Å². The van der Waals surface area contributed by atoms with Crippen LogP contribution in [0, 0.1) is 5.92 Å². The highest BCUT2D eigenvalue weighted by Gasteiger charge is 2.26. The molecule has 7 heteroatoms. The number of anilines is 1. The summed E-state index contributed by atoms with van der Waals surface area (Å²) in [4.78, 5) is 35.6. The fourth-order valence-electron chi connectivity index (χ4n) is 2.29. The zero-order valence-electron chi connectivity index (χ0n) is 11.4. The van der Waals surface area contributed by atoms with Gasteiger partial charge in [0.05, 0.1) is 11.5 Å². The second-order valence-corrected chi connectivity index (χ2v) is 5.00. The molecule has 112 valence electrons. The summed E-state index contributed by atoms with van der Waals surface area (Å²) in [5.74, 6) is -1.72. The van der Waals surface area contributed by atoms with Crippen molar-refractivity contribution in [2.45, 2.75) is 12.8 Å². The lowest BCUT2D eigenvalue weighted by Gasteiger charge is -2.31. The number of nitrogens with zero attached hydrogens (tertiary/aromatic N) is 1. The summed E-state index contributed by atoms with van der Waals surface area (Å²) >= 11 is 0. The molecule has 1 aliphatic rings. The molecule has 0 spiro atoms. The smallest absolute Gasteiger partial charge is 0.335 e. The van der Waals surface area contributed by atoms with Crippen molar-refractivity contribution >= 4 is 23.6 Å². The molecule has 0 aliphatic carbocycles. The Morgan fingerprint density at radius 1 is 1.24 bits per heavy atom.